The normalized spacial score (nSPS) is 13.6. The van der Waals surface area contributed by atoms with E-state index >= 15 is 0 Å². The van der Waals surface area contributed by atoms with Crippen molar-refractivity contribution in [1.82, 2.24) is 0 Å². The van der Waals surface area contributed by atoms with E-state index in [1.54, 1.807) is 7.11 Å². The van der Waals surface area contributed by atoms with Gasteiger partial charge in [-0.05, 0) is 25.1 Å². The number of anilines is 1. The summed E-state index contributed by atoms with van der Waals surface area (Å²) in [6.45, 7) is 2.29. The summed E-state index contributed by atoms with van der Waals surface area (Å²) >= 11 is 0. The van der Waals surface area contributed by atoms with Crippen LogP contribution in [-0.2, 0) is 5.60 Å². The molecule has 0 saturated heterocycles. The number of likely N-dealkylation sites (N-methyl/N-ethyl adjacent to an activating group) is 1. The zero-order valence-electron chi connectivity index (χ0n) is 12.2. The summed E-state index contributed by atoms with van der Waals surface area (Å²) in [7, 11) is 3.59. The average Bonchev–Trinajstić information content (AvgIpc) is 2.47. The topological polar surface area (TPSA) is 32.7 Å². The van der Waals surface area contributed by atoms with Gasteiger partial charge in [0.1, 0.15) is 11.4 Å². The molecule has 0 aromatic heterocycles. The van der Waals surface area contributed by atoms with E-state index in [4.69, 9.17) is 4.74 Å². The lowest BCUT2D eigenvalue weighted by Crippen LogP contribution is -2.37. The number of benzene rings is 2. The highest BCUT2D eigenvalue weighted by Crippen LogP contribution is 2.31. The van der Waals surface area contributed by atoms with Gasteiger partial charge in [-0.3, -0.25) is 0 Å². The molecule has 2 rings (SSSR count). The number of nitrogens with zero attached hydrogens (tertiary/aromatic N) is 1. The van der Waals surface area contributed by atoms with Gasteiger partial charge in [0.2, 0.25) is 0 Å². The van der Waals surface area contributed by atoms with Crippen LogP contribution in [0.5, 0.6) is 5.75 Å². The first-order chi connectivity index (χ1) is 9.54. The largest absolute Gasteiger partial charge is 0.496 e. The molecule has 0 fully saturated rings. The van der Waals surface area contributed by atoms with E-state index in [9.17, 15) is 5.11 Å². The number of rotatable bonds is 5. The van der Waals surface area contributed by atoms with Crippen LogP contribution in [0.15, 0.2) is 54.6 Å². The molecule has 0 aliphatic rings. The number of ether oxygens (including phenoxy) is 1. The van der Waals surface area contributed by atoms with E-state index in [0.29, 0.717) is 12.3 Å². The van der Waals surface area contributed by atoms with E-state index in [0.717, 1.165) is 11.3 Å². The average molecular weight is 271 g/mol. The van der Waals surface area contributed by atoms with E-state index in [1.807, 2.05) is 73.5 Å². The molecule has 1 unspecified atom stereocenters. The lowest BCUT2D eigenvalue weighted by Gasteiger charge is -2.31. The molecule has 3 heteroatoms. The fraction of sp³-hybridized carbons (Fsp3) is 0.294. The minimum atomic E-state index is -0.989. The van der Waals surface area contributed by atoms with Crippen molar-refractivity contribution >= 4 is 5.69 Å². The predicted octanol–water partition coefficient (Wildman–Crippen LogP) is 3.04. The van der Waals surface area contributed by atoms with Crippen LogP contribution in [0.25, 0.3) is 0 Å². The molecule has 0 amide bonds. The Morgan fingerprint density at radius 3 is 2.30 bits per heavy atom. The van der Waals surface area contributed by atoms with Gasteiger partial charge < -0.3 is 14.7 Å². The van der Waals surface area contributed by atoms with Crippen molar-refractivity contribution in [2.24, 2.45) is 0 Å². The molecule has 0 spiro atoms. The van der Waals surface area contributed by atoms with Crippen LogP contribution in [0.4, 0.5) is 5.69 Å². The number of para-hydroxylation sites is 2. The smallest absolute Gasteiger partial charge is 0.125 e. The quantitative estimate of drug-likeness (QED) is 0.907. The predicted molar refractivity (Wildman–Crippen MR) is 82.3 cm³/mol. The van der Waals surface area contributed by atoms with Crippen LogP contribution in [0, 0.1) is 0 Å². The number of hydrogen-bond donors (Lipinski definition) is 1. The summed E-state index contributed by atoms with van der Waals surface area (Å²) in [6.07, 6.45) is 0. The highest BCUT2D eigenvalue weighted by atomic mass is 16.5. The van der Waals surface area contributed by atoms with Crippen molar-refractivity contribution in [3.05, 3.63) is 60.2 Å². The highest BCUT2D eigenvalue weighted by molar-refractivity contribution is 5.47. The van der Waals surface area contributed by atoms with Gasteiger partial charge in [0.15, 0.2) is 0 Å². The van der Waals surface area contributed by atoms with Crippen molar-refractivity contribution in [2.75, 3.05) is 25.6 Å². The van der Waals surface area contributed by atoms with E-state index in [1.165, 1.54) is 0 Å². The molecule has 0 radical (unpaired) electrons. The van der Waals surface area contributed by atoms with Gasteiger partial charge in [-0.1, -0.05) is 36.4 Å². The summed E-state index contributed by atoms with van der Waals surface area (Å²) in [5, 5.41) is 10.8. The molecule has 1 atom stereocenters. The van der Waals surface area contributed by atoms with Crippen LogP contribution in [0.2, 0.25) is 0 Å². The fourth-order valence-corrected chi connectivity index (χ4v) is 2.41. The molecular formula is C17H21NO2. The van der Waals surface area contributed by atoms with E-state index in [-0.39, 0.29) is 0 Å². The van der Waals surface area contributed by atoms with Crippen LogP contribution < -0.4 is 9.64 Å². The van der Waals surface area contributed by atoms with Crippen molar-refractivity contribution in [2.45, 2.75) is 12.5 Å². The maximum Gasteiger partial charge on any atom is 0.125 e. The Morgan fingerprint density at radius 2 is 1.65 bits per heavy atom. The summed E-state index contributed by atoms with van der Waals surface area (Å²) in [5.74, 6) is 0.707. The summed E-state index contributed by atoms with van der Waals surface area (Å²) in [5.41, 5.74) is 0.880. The Bertz CT molecular complexity index is 552. The van der Waals surface area contributed by atoms with Gasteiger partial charge in [0.25, 0.3) is 0 Å². The van der Waals surface area contributed by atoms with Crippen LogP contribution >= 0.6 is 0 Å². The molecule has 106 valence electrons. The highest BCUT2D eigenvalue weighted by Gasteiger charge is 2.28. The van der Waals surface area contributed by atoms with Gasteiger partial charge in [-0.2, -0.15) is 0 Å². The molecule has 3 nitrogen and oxygen atoms in total. The first-order valence-electron chi connectivity index (χ1n) is 6.66. The zero-order valence-corrected chi connectivity index (χ0v) is 12.2. The number of aliphatic hydroxyl groups is 1. The van der Waals surface area contributed by atoms with Crippen LogP contribution in [0.1, 0.15) is 12.5 Å². The Labute approximate surface area is 120 Å². The zero-order chi connectivity index (χ0) is 14.6. The fourth-order valence-electron chi connectivity index (χ4n) is 2.41. The summed E-state index contributed by atoms with van der Waals surface area (Å²) in [4.78, 5) is 2.03. The first kappa shape index (κ1) is 14.4. The maximum absolute atomic E-state index is 10.8. The molecule has 1 N–H and O–H groups in total. The minimum Gasteiger partial charge on any atom is -0.496 e. The van der Waals surface area contributed by atoms with Crippen molar-refractivity contribution in [3.63, 3.8) is 0 Å². The maximum atomic E-state index is 10.8. The lowest BCUT2D eigenvalue weighted by atomic mass is 9.94. The molecular weight excluding hydrogens is 250 g/mol. The third kappa shape index (κ3) is 3.11. The Hall–Kier alpha value is -2.00. The molecule has 0 aliphatic carbocycles. The molecule has 2 aromatic carbocycles. The Morgan fingerprint density at radius 1 is 1.05 bits per heavy atom. The van der Waals surface area contributed by atoms with Crippen molar-refractivity contribution < 1.29 is 9.84 Å². The van der Waals surface area contributed by atoms with Gasteiger partial charge in [-0.15, -0.1) is 0 Å². The van der Waals surface area contributed by atoms with Gasteiger partial charge in [-0.25, -0.2) is 0 Å². The van der Waals surface area contributed by atoms with Crippen LogP contribution in [-0.4, -0.2) is 25.8 Å². The molecule has 20 heavy (non-hydrogen) atoms. The third-order valence-corrected chi connectivity index (χ3v) is 3.43. The standard InChI is InChI=1S/C17H21NO2/c1-17(19,15-11-7-8-12-16(15)20-3)13-18(2)14-9-5-4-6-10-14/h4-12,19H,13H2,1-3H3. The van der Waals surface area contributed by atoms with Gasteiger partial charge in [0, 0.05) is 18.3 Å². The molecule has 0 saturated carbocycles. The number of methoxy groups -OCH3 is 1. The lowest BCUT2D eigenvalue weighted by molar-refractivity contribution is 0.0629. The third-order valence-electron chi connectivity index (χ3n) is 3.43. The van der Waals surface area contributed by atoms with Crippen molar-refractivity contribution in [3.8, 4) is 5.75 Å². The monoisotopic (exact) mass is 271 g/mol. The summed E-state index contributed by atoms with van der Waals surface area (Å²) in [6, 6.07) is 17.6. The molecule has 0 heterocycles. The minimum absolute atomic E-state index is 0.484. The van der Waals surface area contributed by atoms with E-state index < -0.39 is 5.60 Å². The van der Waals surface area contributed by atoms with E-state index in [2.05, 4.69) is 0 Å². The van der Waals surface area contributed by atoms with Gasteiger partial charge in [0.05, 0.1) is 13.7 Å². The second-order valence-electron chi connectivity index (χ2n) is 5.17. The van der Waals surface area contributed by atoms with Crippen molar-refractivity contribution in [1.29, 1.82) is 0 Å². The summed E-state index contributed by atoms with van der Waals surface area (Å²) < 4.78 is 5.34. The first-order valence-corrected chi connectivity index (χ1v) is 6.66. The second kappa shape index (κ2) is 5.97. The Kier molecular flexibility index (Phi) is 4.30. The van der Waals surface area contributed by atoms with Gasteiger partial charge >= 0.3 is 0 Å². The molecule has 0 aliphatic heterocycles. The Balaban J connectivity index is 2.22. The second-order valence-corrected chi connectivity index (χ2v) is 5.17. The SMILES string of the molecule is COc1ccccc1C(C)(O)CN(C)c1ccccc1. The van der Waals surface area contributed by atoms with Crippen LogP contribution in [0.3, 0.4) is 0 Å². The molecule has 2 aromatic rings. The number of hydrogen-bond acceptors (Lipinski definition) is 3. The molecule has 0 bridgehead atoms.